The Bertz CT molecular complexity index is 826. The van der Waals surface area contributed by atoms with Crippen molar-refractivity contribution in [3.8, 4) is 0 Å². The average molecular weight is 363 g/mol. The summed E-state index contributed by atoms with van der Waals surface area (Å²) in [7, 11) is 0. The molecular weight excluding hydrogens is 338 g/mol. The number of hydrogen-bond acceptors (Lipinski definition) is 3. The summed E-state index contributed by atoms with van der Waals surface area (Å²) in [6.45, 7) is 2.72. The molecule has 3 aromatic rings. The molecule has 27 heavy (non-hydrogen) atoms. The predicted molar refractivity (Wildman–Crippen MR) is 105 cm³/mol. The second-order valence-electron chi connectivity index (χ2n) is 6.78. The maximum atomic E-state index is 12.9. The highest BCUT2D eigenvalue weighted by atomic mass is 16.4. The van der Waals surface area contributed by atoms with Gasteiger partial charge in [0.05, 0.1) is 12.8 Å². The molecule has 0 unspecified atom stereocenters. The first-order valence-corrected chi connectivity index (χ1v) is 9.20. The summed E-state index contributed by atoms with van der Waals surface area (Å²) in [6, 6.07) is 21.5. The van der Waals surface area contributed by atoms with Gasteiger partial charge in [-0.15, -0.1) is 0 Å². The van der Waals surface area contributed by atoms with E-state index in [0.717, 1.165) is 11.1 Å². The third-order valence-electron chi connectivity index (χ3n) is 4.58. The van der Waals surface area contributed by atoms with Gasteiger partial charge in [-0.1, -0.05) is 60.2 Å². The molecule has 4 heteroatoms. The lowest BCUT2D eigenvalue weighted by Crippen LogP contribution is -2.34. The van der Waals surface area contributed by atoms with Crippen LogP contribution in [-0.2, 0) is 17.8 Å². The molecule has 1 amide bonds. The van der Waals surface area contributed by atoms with E-state index in [2.05, 4.69) is 24.3 Å². The van der Waals surface area contributed by atoms with Gasteiger partial charge in [-0.2, -0.15) is 0 Å². The van der Waals surface area contributed by atoms with E-state index in [1.807, 2.05) is 37.3 Å². The van der Waals surface area contributed by atoms with Crippen LogP contribution in [0, 0.1) is 6.92 Å². The van der Waals surface area contributed by atoms with Gasteiger partial charge in [0.25, 0.3) is 0 Å². The second kappa shape index (κ2) is 9.19. The minimum absolute atomic E-state index is 0.0186. The van der Waals surface area contributed by atoms with Crippen molar-refractivity contribution in [2.75, 3.05) is 6.54 Å². The Hall–Kier alpha value is -2.85. The summed E-state index contributed by atoms with van der Waals surface area (Å²) in [5, 5.41) is 10.4. The lowest BCUT2D eigenvalue weighted by molar-refractivity contribution is -0.133. The first-order chi connectivity index (χ1) is 13.1. The van der Waals surface area contributed by atoms with Crippen molar-refractivity contribution >= 4 is 5.91 Å². The number of benzene rings is 2. The van der Waals surface area contributed by atoms with Gasteiger partial charge in [0.15, 0.2) is 0 Å². The molecular formula is C23H25NO3. The SMILES string of the molecule is Cc1ccc(CCC(=O)N(Cc2ccccc2)C[C@@H](O)c2ccco2)cc1. The lowest BCUT2D eigenvalue weighted by Gasteiger charge is -2.25. The van der Waals surface area contributed by atoms with Crippen molar-refractivity contribution in [2.45, 2.75) is 32.4 Å². The summed E-state index contributed by atoms with van der Waals surface area (Å²) in [5.41, 5.74) is 3.38. The van der Waals surface area contributed by atoms with E-state index in [9.17, 15) is 9.90 Å². The minimum Gasteiger partial charge on any atom is -0.467 e. The molecule has 1 N–H and O–H groups in total. The van der Waals surface area contributed by atoms with Crippen LogP contribution < -0.4 is 0 Å². The summed E-state index contributed by atoms with van der Waals surface area (Å²) < 4.78 is 5.28. The van der Waals surface area contributed by atoms with Gasteiger partial charge < -0.3 is 14.4 Å². The van der Waals surface area contributed by atoms with Crippen molar-refractivity contribution in [1.82, 2.24) is 4.90 Å². The lowest BCUT2D eigenvalue weighted by atomic mass is 10.1. The van der Waals surface area contributed by atoms with Crippen LogP contribution in [0.1, 0.15) is 35.0 Å². The van der Waals surface area contributed by atoms with Crippen molar-refractivity contribution < 1.29 is 14.3 Å². The average Bonchev–Trinajstić information content (AvgIpc) is 3.22. The van der Waals surface area contributed by atoms with Crippen LogP contribution in [-0.4, -0.2) is 22.5 Å². The molecule has 1 heterocycles. The molecule has 3 rings (SSSR count). The Kier molecular flexibility index (Phi) is 6.44. The highest BCUT2D eigenvalue weighted by Crippen LogP contribution is 2.18. The van der Waals surface area contributed by atoms with Crippen molar-refractivity contribution in [3.63, 3.8) is 0 Å². The van der Waals surface area contributed by atoms with E-state index >= 15 is 0 Å². The maximum Gasteiger partial charge on any atom is 0.223 e. The van der Waals surface area contributed by atoms with Gasteiger partial charge in [-0.05, 0) is 36.6 Å². The highest BCUT2D eigenvalue weighted by Gasteiger charge is 2.20. The second-order valence-corrected chi connectivity index (χ2v) is 6.78. The summed E-state index contributed by atoms with van der Waals surface area (Å²) in [6.07, 6.45) is 1.77. The number of aliphatic hydroxyl groups is 1. The number of carbonyl (C=O) groups excluding carboxylic acids is 1. The molecule has 1 atom stereocenters. The van der Waals surface area contributed by atoms with Crippen molar-refractivity contribution in [1.29, 1.82) is 0 Å². The van der Waals surface area contributed by atoms with E-state index in [1.54, 1.807) is 17.0 Å². The van der Waals surface area contributed by atoms with Gasteiger partial charge in [-0.25, -0.2) is 0 Å². The first kappa shape index (κ1) is 18.9. The normalized spacial score (nSPS) is 11.9. The van der Waals surface area contributed by atoms with Crippen LogP contribution in [0.5, 0.6) is 0 Å². The summed E-state index contributed by atoms with van der Waals surface area (Å²) in [5.74, 6) is 0.490. The Morgan fingerprint density at radius 3 is 2.41 bits per heavy atom. The number of rotatable bonds is 8. The van der Waals surface area contributed by atoms with Gasteiger partial charge in [0, 0.05) is 13.0 Å². The number of carbonyl (C=O) groups is 1. The third-order valence-corrected chi connectivity index (χ3v) is 4.58. The van der Waals surface area contributed by atoms with Crippen molar-refractivity contribution in [3.05, 3.63) is 95.4 Å². The topological polar surface area (TPSA) is 53.7 Å². The smallest absolute Gasteiger partial charge is 0.223 e. The van der Waals surface area contributed by atoms with Crippen LogP contribution in [0.25, 0.3) is 0 Å². The fourth-order valence-electron chi connectivity index (χ4n) is 3.00. The molecule has 0 bridgehead atoms. The number of aliphatic hydroxyl groups excluding tert-OH is 1. The number of nitrogens with zero attached hydrogens (tertiary/aromatic N) is 1. The number of aryl methyl sites for hydroxylation is 2. The molecule has 0 spiro atoms. The third kappa shape index (κ3) is 5.56. The largest absolute Gasteiger partial charge is 0.467 e. The predicted octanol–water partition coefficient (Wildman–Crippen LogP) is 4.28. The van der Waals surface area contributed by atoms with Crippen LogP contribution in [0.2, 0.25) is 0 Å². The molecule has 0 aliphatic rings. The summed E-state index contributed by atoms with van der Waals surface area (Å²) in [4.78, 5) is 14.6. The van der Waals surface area contributed by atoms with E-state index < -0.39 is 6.10 Å². The van der Waals surface area contributed by atoms with E-state index in [1.165, 1.54) is 11.8 Å². The number of amides is 1. The van der Waals surface area contributed by atoms with E-state index in [-0.39, 0.29) is 12.5 Å². The molecule has 4 nitrogen and oxygen atoms in total. The summed E-state index contributed by atoms with van der Waals surface area (Å²) >= 11 is 0. The van der Waals surface area contributed by atoms with Gasteiger partial charge in [0.1, 0.15) is 11.9 Å². The molecule has 2 aromatic carbocycles. The highest BCUT2D eigenvalue weighted by molar-refractivity contribution is 5.76. The zero-order valence-corrected chi connectivity index (χ0v) is 15.5. The Morgan fingerprint density at radius 2 is 1.74 bits per heavy atom. The molecule has 1 aromatic heterocycles. The molecule has 0 aliphatic carbocycles. The van der Waals surface area contributed by atoms with Crippen LogP contribution in [0.4, 0.5) is 0 Å². The Balaban J connectivity index is 1.67. The van der Waals surface area contributed by atoms with Gasteiger partial charge >= 0.3 is 0 Å². The fourth-order valence-corrected chi connectivity index (χ4v) is 3.00. The number of hydrogen-bond donors (Lipinski definition) is 1. The van der Waals surface area contributed by atoms with Crippen LogP contribution in [0.3, 0.4) is 0 Å². The molecule has 0 fully saturated rings. The maximum absolute atomic E-state index is 12.9. The monoisotopic (exact) mass is 363 g/mol. The van der Waals surface area contributed by atoms with Crippen molar-refractivity contribution in [2.24, 2.45) is 0 Å². The molecule has 0 radical (unpaired) electrons. The molecule has 0 saturated carbocycles. The van der Waals surface area contributed by atoms with Gasteiger partial charge in [-0.3, -0.25) is 4.79 Å². The molecule has 140 valence electrons. The number of furan rings is 1. The zero-order valence-electron chi connectivity index (χ0n) is 15.5. The minimum atomic E-state index is -0.841. The quantitative estimate of drug-likeness (QED) is 0.650. The van der Waals surface area contributed by atoms with E-state index in [0.29, 0.717) is 25.1 Å². The Morgan fingerprint density at radius 1 is 1.00 bits per heavy atom. The van der Waals surface area contributed by atoms with Crippen LogP contribution in [0.15, 0.2) is 77.4 Å². The standard InChI is InChI=1S/C23H25NO3/c1-18-9-11-19(12-10-18)13-14-23(26)24(16-20-6-3-2-4-7-20)17-21(25)22-8-5-15-27-22/h2-12,15,21,25H,13-14,16-17H2,1H3/t21-/m1/s1. The molecule has 0 aliphatic heterocycles. The van der Waals surface area contributed by atoms with Gasteiger partial charge in [0.2, 0.25) is 5.91 Å². The van der Waals surface area contributed by atoms with E-state index in [4.69, 9.17) is 4.42 Å². The Labute approximate surface area is 160 Å². The fraction of sp³-hybridized carbons (Fsp3) is 0.261. The zero-order chi connectivity index (χ0) is 19.1. The first-order valence-electron chi connectivity index (χ1n) is 9.20. The molecule has 0 saturated heterocycles. The van der Waals surface area contributed by atoms with Crippen LogP contribution >= 0.6 is 0 Å².